The standard InChI is InChI=1S/C27H18FN3O6S/c1-14-25(38-26(29-14)15-5-3-2-4-6-15)23(33)21-22(16-7-12-20(32)19(13-16)31(36)37)30(27(35)24(21)34)18-10-8-17(28)9-11-18/h2-13,22,32,34H,1H3. The van der Waals surface area contributed by atoms with Crippen molar-refractivity contribution < 1.29 is 29.1 Å². The van der Waals surface area contributed by atoms with Gasteiger partial charge in [-0.15, -0.1) is 11.3 Å². The van der Waals surface area contributed by atoms with Gasteiger partial charge in [-0.2, -0.15) is 0 Å². The second-order valence-electron chi connectivity index (χ2n) is 8.45. The van der Waals surface area contributed by atoms with Gasteiger partial charge in [0.1, 0.15) is 10.8 Å². The molecule has 0 radical (unpaired) electrons. The van der Waals surface area contributed by atoms with Gasteiger partial charge < -0.3 is 10.2 Å². The molecule has 5 rings (SSSR count). The Kier molecular flexibility index (Phi) is 6.21. The Labute approximate surface area is 218 Å². The highest BCUT2D eigenvalue weighted by molar-refractivity contribution is 7.17. The van der Waals surface area contributed by atoms with E-state index in [1.807, 2.05) is 30.3 Å². The minimum atomic E-state index is -1.30. The molecule has 11 heteroatoms. The summed E-state index contributed by atoms with van der Waals surface area (Å²) in [7, 11) is 0. The van der Waals surface area contributed by atoms with Crippen LogP contribution in [-0.4, -0.2) is 31.8 Å². The van der Waals surface area contributed by atoms with E-state index in [-0.39, 0.29) is 21.7 Å². The van der Waals surface area contributed by atoms with E-state index in [4.69, 9.17) is 0 Å². The van der Waals surface area contributed by atoms with Crippen LogP contribution in [0.2, 0.25) is 0 Å². The second kappa shape index (κ2) is 9.52. The summed E-state index contributed by atoms with van der Waals surface area (Å²) in [4.78, 5) is 43.6. The molecule has 1 aromatic heterocycles. The Morgan fingerprint density at radius 1 is 1.08 bits per heavy atom. The Bertz CT molecular complexity index is 1630. The number of phenolic OH excluding ortho intramolecular Hbond substituents is 1. The van der Waals surface area contributed by atoms with Gasteiger partial charge in [0, 0.05) is 17.3 Å². The number of aliphatic hydroxyl groups is 1. The van der Waals surface area contributed by atoms with Crippen molar-refractivity contribution in [3.63, 3.8) is 0 Å². The van der Waals surface area contributed by atoms with E-state index in [1.54, 1.807) is 6.92 Å². The highest BCUT2D eigenvalue weighted by atomic mass is 32.1. The molecule has 0 saturated carbocycles. The summed E-state index contributed by atoms with van der Waals surface area (Å²) in [6.45, 7) is 1.63. The maximum Gasteiger partial charge on any atom is 0.311 e. The van der Waals surface area contributed by atoms with Gasteiger partial charge in [-0.1, -0.05) is 36.4 Å². The Hall–Kier alpha value is -4.90. The van der Waals surface area contributed by atoms with Gasteiger partial charge in [0.15, 0.2) is 11.5 Å². The number of nitro groups is 1. The number of halogens is 1. The normalized spacial score (nSPS) is 15.3. The number of thiazole rings is 1. The van der Waals surface area contributed by atoms with Crippen molar-refractivity contribution >= 4 is 34.4 Å². The van der Waals surface area contributed by atoms with E-state index in [1.165, 1.54) is 18.2 Å². The number of aromatic hydroxyl groups is 1. The van der Waals surface area contributed by atoms with Crippen molar-refractivity contribution in [1.82, 2.24) is 4.98 Å². The lowest BCUT2D eigenvalue weighted by molar-refractivity contribution is -0.385. The molecule has 0 bridgehead atoms. The number of amides is 1. The number of hydrogen-bond acceptors (Lipinski definition) is 8. The molecule has 1 atom stereocenters. The third-order valence-corrected chi connectivity index (χ3v) is 7.30. The molecule has 1 aliphatic heterocycles. The smallest absolute Gasteiger partial charge is 0.311 e. The lowest BCUT2D eigenvalue weighted by Gasteiger charge is -2.26. The van der Waals surface area contributed by atoms with E-state index >= 15 is 0 Å². The van der Waals surface area contributed by atoms with Crippen molar-refractivity contribution in [3.8, 4) is 16.3 Å². The third kappa shape index (κ3) is 4.18. The molecule has 9 nitrogen and oxygen atoms in total. The molecule has 190 valence electrons. The fourth-order valence-corrected chi connectivity index (χ4v) is 5.34. The highest BCUT2D eigenvalue weighted by Gasteiger charge is 2.46. The molecule has 2 heterocycles. The van der Waals surface area contributed by atoms with Crippen LogP contribution in [0.5, 0.6) is 5.75 Å². The molecule has 0 fully saturated rings. The molecular formula is C27H18FN3O6S. The van der Waals surface area contributed by atoms with E-state index in [0.29, 0.717) is 10.7 Å². The number of nitro benzene ring substituents is 1. The SMILES string of the molecule is Cc1nc(-c2ccccc2)sc1C(=O)C1=C(O)C(=O)N(c2ccc(F)cc2)C1c1ccc(O)c([N+](=O)[O-])c1. The summed E-state index contributed by atoms with van der Waals surface area (Å²) >= 11 is 1.08. The maximum absolute atomic E-state index is 13.9. The number of benzene rings is 3. The van der Waals surface area contributed by atoms with Crippen LogP contribution in [0.25, 0.3) is 10.6 Å². The van der Waals surface area contributed by atoms with Gasteiger partial charge in [-0.25, -0.2) is 9.37 Å². The zero-order valence-corrected chi connectivity index (χ0v) is 20.5. The van der Waals surface area contributed by atoms with Crippen LogP contribution < -0.4 is 4.90 Å². The average Bonchev–Trinajstić information content (AvgIpc) is 3.42. The Balaban J connectivity index is 1.67. The molecule has 1 amide bonds. The third-order valence-electron chi connectivity index (χ3n) is 6.09. The highest BCUT2D eigenvalue weighted by Crippen LogP contribution is 2.44. The minimum Gasteiger partial charge on any atom is -0.503 e. The quantitative estimate of drug-likeness (QED) is 0.186. The summed E-state index contributed by atoms with van der Waals surface area (Å²) in [5, 5.41) is 33.0. The van der Waals surface area contributed by atoms with Gasteiger partial charge in [-0.3, -0.25) is 24.6 Å². The number of Topliss-reactive ketones (excluding diaryl/α,β-unsaturated/α-hetero) is 1. The summed E-state index contributed by atoms with van der Waals surface area (Å²) in [6.07, 6.45) is 0. The van der Waals surface area contributed by atoms with Crippen LogP contribution in [0.4, 0.5) is 15.8 Å². The number of anilines is 1. The fraction of sp³-hybridized carbons (Fsp3) is 0.0741. The van der Waals surface area contributed by atoms with Crippen LogP contribution >= 0.6 is 11.3 Å². The maximum atomic E-state index is 13.9. The zero-order chi connectivity index (χ0) is 27.1. The number of phenols is 1. The molecule has 2 N–H and O–H groups in total. The summed E-state index contributed by atoms with van der Waals surface area (Å²) in [5.74, 6) is -3.64. The summed E-state index contributed by atoms with van der Waals surface area (Å²) in [5.41, 5.74) is 0.432. The predicted molar refractivity (Wildman–Crippen MR) is 138 cm³/mol. The number of carbonyl (C=O) groups is 2. The lowest BCUT2D eigenvalue weighted by atomic mass is 9.94. The average molecular weight is 532 g/mol. The number of aliphatic hydroxyl groups excluding tert-OH is 1. The van der Waals surface area contributed by atoms with Gasteiger partial charge in [-0.05, 0) is 42.8 Å². The lowest BCUT2D eigenvalue weighted by Crippen LogP contribution is -2.31. The van der Waals surface area contributed by atoms with Crippen molar-refractivity contribution in [3.05, 3.63) is 116 Å². The van der Waals surface area contributed by atoms with Crippen molar-refractivity contribution in [2.24, 2.45) is 0 Å². The first-order valence-electron chi connectivity index (χ1n) is 11.2. The van der Waals surface area contributed by atoms with Crippen LogP contribution in [0.3, 0.4) is 0 Å². The van der Waals surface area contributed by atoms with Crippen LogP contribution in [0.1, 0.15) is 27.0 Å². The molecule has 0 saturated heterocycles. The van der Waals surface area contributed by atoms with Crippen LogP contribution in [0.15, 0.2) is 84.1 Å². The second-order valence-corrected chi connectivity index (χ2v) is 9.45. The number of aromatic nitrogens is 1. The molecule has 0 spiro atoms. The first-order valence-corrected chi connectivity index (χ1v) is 12.1. The molecule has 4 aromatic rings. The van der Waals surface area contributed by atoms with E-state index in [0.717, 1.165) is 46.1 Å². The van der Waals surface area contributed by atoms with Crippen LogP contribution in [0, 0.1) is 22.9 Å². The first-order chi connectivity index (χ1) is 18.2. The van der Waals surface area contributed by atoms with Gasteiger partial charge in [0.05, 0.1) is 27.1 Å². The Morgan fingerprint density at radius 3 is 2.42 bits per heavy atom. The number of hydrogen-bond donors (Lipinski definition) is 2. The fourth-order valence-electron chi connectivity index (χ4n) is 4.31. The molecule has 38 heavy (non-hydrogen) atoms. The summed E-state index contributed by atoms with van der Waals surface area (Å²) in [6, 6.07) is 16.1. The summed E-state index contributed by atoms with van der Waals surface area (Å²) < 4.78 is 13.6. The minimum absolute atomic E-state index is 0.0880. The number of ketones is 1. The van der Waals surface area contributed by atoms with Gasteiger partial charge in [0.25, 0.3) is 5.91 Å². The van der Waals surface area contributed by atoms with Crippen molar-refractivity contribution in [1.29, 1.82) is 0 Å². The molecule has 0 aliphatic carbocycles. The molecule has 3 aromatic carbocycles. The van der Waals surface area contributed by atoms with Crippen molar-refractivity contribution in [2.45, 2.75) is 13.0 Å². The van der Waals surface area contributed by atoms with Crippen molar-refractivity contribution in [2.75, 3.05) is 4.90 Å². The first kappa shape index (κ1) is 24.8. The van der Waals surface area contributed by atoms with E-state index < -0.39 is 45.7 Å². The number of aryl methyl sites for hydroxylation is 1. The predicted octanol–water partition coefficient (Wildman–Crippen LogP) is 5.65. The molecule has 1 aliphatic rings. The Morgan fingerprint density at radius 2 is 1.76 bits per heavy atom. The number of nitrogens with zero attached hydrogens (tertiary/aromatic N) is 3. The number of rotatable bonds is 6. The topological polar surface area (TPSA) is 134 Å². The molecular weight excluding hydrogens is 513 g/mol. The van der Waals surface area contributed by atoms with Gasteiger partial charge >= 0.3 is 5.69 Å². The number of carbonyl (C=O) groups excluding carboxylic acids is 2. The van der Waals surface area contributed by atoms with Gasteiger partial charge in [0.2, 0.25) is 5.78 Å². The van der Waals surface area contributed by atoms with Crippen LogP contribution in [-0.2, 0) is 4.79 Å². The monoisotopic (exact) mass is 531 g/mol. The van der Waals surface area contributed by atoms with E-state index in [2.05, 4.69) is 4.98 Å². The zero-order valence-electron chi connectivity index (χ0n) is 19.7. The largest absolute Gasteiger partial charge is 0.503 e. The van der Waals surface area contributed by atoms with E-state index in [9.17, 15) is 34.3 Å². The molecule has 1 unspecified atom stereocenters.